The quantitative estimate of drug-likeness (QED) is 0.160. The van der Waals surface area contributed by atoms with Gasteiger partial charge in [-0.1, -0.05) is 11.8 Å². The average Bonchev–Trinajstić information content (AvgIpc) is 3.75. The van der Waals surface area contributed by atoms with Crippen LogP contribution in [0.2, 0.25) is 0 Å². The lowest BCUT2D eigenvalue weighted by Gasteiger charge is -2.31. The number of thiophene rings is 1. The van der Waals surface area contributed by atoms with Crippen molar-refractivity contribution in [3.8, 4) is 23.3 Å². The zero-order chi connectivity index (χ0) is 34.1. The molecule has 2 aromatic heterocycles. The minimum Gasteiger partial charge on any atom is -0.453 e. The fourth-order valence-corrected chi connectivity index (χ4v) is 6.19. The normalized spacial score (nSPS) is 15.6. The topological polar surface area (TPSA) is 110 Å². The van der Waals surface area contributed by atoms with E-state index in [0.29, 0.717) is 47.6 Å². The van der Waals surface area contributed by atoms with Gasteiger partial charge in [0.1, 0.15) is 22.6 Å². The Hall–Kier alpha value is -5.02. The van der Waals surface area contributed by atoms with E-state index in [0.717, 1.165) is 23.8 Å². The van der Waals surface area contributed by atoms with Gasteiger partial charge < -0.3 is 25.0 Å². The molecule has 2 aromatic carbocycles. The first-order valence-corrected chi connectivity index (χ1v) is 16.4. The summed E-state index contributed by atoms with van der Waals surface area (Å²) in [7, 11) is 0. The molecule has 0 bridgehead atoms. The Morgan fingerprint density at radius 2 is 1.60 bits per heavy atom. The van der Waals surface area contributed by atoms with Gasteiger partial charge in [-0.3, -0.25) is 14.6 Å². The SMILES string of the molecule is CC(C)(C)OC(=O)N1CCC(C#Cc2cc3nccc(Oc4ccc(NC(=O)C5(C(=O)Nc6ccc(F)cc6)CC5)cc4F)c3s2)CC1. The number of hydrogen-bond donors (Lipinski definition) is 2. The number of benzene rings is 2. The van der Waals surface area contributed by atoms with Gasteiger partial charge in [0.2, 0.25) is 11.8 Å². The largest absolute Gasteiger partial charge is 0.453 e. The molecule has 248 valence electrons. The van der Waals surface area contributed by atoms with Crippen LogP contribution in [0.25, 0.3) is 10.2 Å². The number of fused-ring (bicyclic) bond motifs is 1. The van der Waals surface area contributed by atoms with Crippen LogP contribution in [-0.4, -0.2) is 46.5 Å². The van der Waals surface area contributed by atoms with Crippen molar-refractivity contribution in [3.05, 3.63) is 77.3 Å². The lowest BCUT2D eigenvalue weighted by Crippen LogP contribution is -2.41. The summed E-state index contributed by atoms with van der Waals surface area (Å²) < 4.78 is 40.5. The molecule has 0 spiro atoms. The van der Waals surface area contributed by atoms with Crippen molar-refractivity contribution in [1.82, 2.24) is 9.88 Å². The molecule has 4 aromatic rings. The van der Waals surface area contributed by atoms with Gasteiger partial charge in [0.05, 0.1) is 15.1 Å². The smallest absolute Gasteiger partial charge is 0.410 e. The van der Waals surface area contributed by atoms with Gasteiger partial charge >= 0.3 is 6.09 Å². The minimum atomic E-state index is -1.28. The summed E-state index contributed by atoms with van der Waals surface area (Å²) in [6, 6.07) is 12.8. The number of aromatic nitrogens is 1. The van der Waals surface area contributed by atoms with Crippen LogP contribution in [0, 0.1) is 34.8 Å². The van der Waals surface area contributed by atoms with Crippen molar-refractivity contribution in [2.24, 2.45) is 11.3 Å². The number of carbonyl (C=O) groups is 3. The molecule has 1 aliphatic carbocycles. The maximum absolute atomic E-state index is 15.2. The van der Waals surface area contributed by atoms with E-state index in [1.807, 2.05) is 26.8 Å². The van der Waals surface area contributed by atoms with Crippen LogP contribution < -0.4 is 15.4 Å². The molecule has 2 aliphatic rings. The van der Waals surface area contributed by atoms with Gasteiger partial charge in [-0.2, -0.15) is 0 Å². The molecule has 0 radical (unpaired) electrons. The van der Waals surface area contributed by atoms with E-state index in [1.54, 1.807) is 17.2 Å². The van der Waals surface area contributed by atoms with Gasteiger partial charge in [-0.05, 0) is 88.9 Å². The van der Waals surface area contributed by atoms with E-state index in [-0.39, 0.29) is 23.4 Å². The zero-order valence-electron chi connectivity index (χ0n) is 26.7. The van der Waals surface area contributed by atoms with Crippen LogP contribution in [0.3, 0.4) is 0 Å². The average molecular weight is 673 g/mol. The highest BCUT2D eigenvalue weighted by Crippen LogP contribution is 2.47. The fourth-order valence-electron chi connectivity index (χ4n) is 5.26. The third-order valence-electron chi connectivity index (χ3n) is 8.05. The molecule has 0 unspecified atom stereocenters. The Morgan fingerprint density at radius 1 is 0.938 bits per heavy atom. The number of likely N-dealkylation sites (tertiary alicyclic amines) is 1. The summed E-state index contributed by atoms with van der Waals surface area (Å²) in [4.78, 5) is 45.2. The summed E-state index contributed by atoms with van der Waals surface area (Å²) in [5.41, 5.74) is -0.594. The van der Waals surface area contributed by atoms with E-state index >= 15 is 4.39 Å². The Morgan fingerprint density at radius 3 is 2.25 bits per heavy atom. The molecule has 3 heterocycles. The molecule has 2 fully saturated rings. The van der Waals surface area contributed by atoms with Gasteiger partial charge in [-0.25, -0.2) is 13.6 Å². The number of pyridine rings is 1. The van der Waals surface area contributed by atoms with Crippen molar-refractivity contribution >= 4 is 50.8 Å². The number of nitrogens with zero attached hydrogens (tertiary/aromatic N) is 2. The Bertz CT molecular complexity index is 1930. The molecule has 6 rings (SSSR count). The number of amides is 3. The molecule has 3 amide bonds. The van der Waals surface area contributed by atoms with Gasteiger partial charge in [0, 0.05) is 48.7 Å². The van der Waals surface area contributed by atoms with Gasteiger partial charge in [0.25, 0.3) is 0 Å². The highest BCUT2D eigenvalue weighted by molar-refractivity contribution is 7.19. The molecule has 12 heteroatoms. The van der Waals surface area contributed by atoms with Gasteiger partial charge in [-0.15, -0.1) is 11.3 Å². The number of anilines is 2. The van der Waals surface area contributed by atoms with Crippen molar-refractivity contribution in [2.75, 3.05) is 23.7 Å². The Balaban J connectivity index is 1.08. The number of piperidine rings is 1. The van der Waals surface area contributed by atoms with Crippen LogP contribution in [0.4, 0.5) is 25.0 Å². The Labute approximate surface area is 280 Å². The molecule has 1 saturated carbocycles. The lowest BCUT2D eigenvalue weighted by molar-refractivity contribution is -0.131. The summed E-state index contributed by atoms with van der Waals surface area (Å²) in [6.07, 6.45) is 3.46. The number of halogens is 2. The van der Waals surface area contributed by atoms with E-state index in [2.05, 4.69) is 27.5 Å². The summed E-state index contributed by atoms with van der Waals surface area (Å²) in [6.45, 7) is 6.72. The summed E-state index contributed by atoms with van der Waals surface area (Å²) >= 11 is 1.39. The highest BCUT2D eigenvalue weighted by Gasteiger charge is 2.56. The molecule has 1 saturated heterocycles. The van der Waals surface area contributed by atoms with Crippen molar-refractivity contribution in [2.45, 2.75) is 52.1 Å². The fraction of sp³-hybridized carbons (Fsp3) is 0.333. The molecule has 0 atom stereocenters. The van der Waals surface area contributed by atoms with Crippen LogP contribution in [0.1, 0.15) is 51.3 Å². The zero-order valence-corrected chi connectivity index (χ0v) is 27.5. The Kier molecular flexibility index (Phi) is 9.07. The first kappa shape index (κ1) is 32.9. The van der Waals surface area contributed by atoms with Crippen LogP contribution in [0.15, 0.2) is 60.8 Å². The highest BCUT2D eigenvalue weighted by atomic mass is 32.1. The van der Waals surface area contributed by atoms with Crippen molar-refractivity contribution in [3.63, 3.8) is 0 Å². The van der Waals surface area contributed by atoms with E-state index in [1.165, 1.54) is 47.7 Å². The third kappa shape index (κ3) is 7.58. The minimum absolute atomic E-state index is 0.0477. The second-order valence-electron chi connectivity index (χ2n) is 12.9. The second-order valence-corrected chi connectivity index (χ2v) is 13.9. The second kappa shape index (κ2) is 13.2. The number of hydrogen-bond acceptors (Lipinski definition) is 7. The van der Waals surface area contributed by atoms with Crippen LogP contribution >= 0.6 is 11.3 Å². The number of nitrogens with one attached hydrogen (secondary N) is 2. The molecule has 48 heavy (non-hydrogen) atoms. The predicted molar refractivity (Wildman–Crippen MR) is 179 cm³/mol. The predicted octanol–water partition coefficient (Wildman–Crippen LogP) is 7.72. The first-order valence-electron chi connectivity index (χ1n) is 15.6. The third-order valence-corrected chi connectivity index (χ3v) is 9.11. The first-order chi connectivity index (χ1) is 22.9. The maximum Gasteiger partial charge on any atom is 0.410 e. The molecular formula is C36H34F2N4O5S. The van der Waals surface area contributed by atoms with Crippen LogP contribution in [0.5, 0.6) is 11.5 Å². The van der Waals surface area contributed by atoms with Crippen LogP contribution in [-0.2, 0) is 14.3 Å². The number of carbonyl (C=O) groups excluding carboxylic acids is 3. The standard InChI is InChI=1S/C36H34F2N4O5S/c1-35(2,3)47-34(45)42-18-13-22(14-19-42)4-10-26-21-28-31(48-26)30(12-17-39-28)46-29-11-9-25(20-27(29)38)41-33(44)36(15-16-36)32(43)40-24-7-5-23(37)6-8-24/h5-9,11-12,17,20-22H,13-16,18-19H2,1-3H3,(H,40,43)(H,41,44). The molecular weight excluding hydrogens is 638 g/mol. The van der Waals surface area contributed by atoms with E-state index < -0.39 is 34.5 Å². The van der Waals surface area contributed by atoms with Crippen molar-refractivity contribution < 1.29 is 32.6 Å². The number of ether oxygens (including phenoxy) is 2. The monoisotopic (exact) mass is 672 g/mol. The summed E-state index contributed by atoms with van der Waals surface area (Å²) in [5.74, 6) is 4.87. The van der Waals surface area contributed by atoms with Gasteiger partial charge in [0.15, 0.2) is 11.6 Å². The molecule has 2 N–H and O–H groups in total. The molecule has 9 nitrogen and oxygen atoms in total. The summed E-state index contributed by atoms with van der Waals surface area (Å²) in [5, 5.41) is 5.29. The maximum atomic E-state index is 15.2. The lowest BCUT2D eigenvalue weighted by atomic mass is 9.98. The molecule has 1 aliphatic heterocycles. The van der Waals surface area contributed by atoms with E-state index in [4.69, 9.17) is 9.47 Å². The van der Waals surface area contributed by atoms with E-state index in [9.17, 15) is 18.8 Å². The van der Waals surface area contributed by atoms with Crippen molar-refractivity contribution in [1.29, 1.82) is 0 Å². The number of rotatable bonds is 6.